The van der Waals surface area contributed by atoms with Gasteiger partial charge < -0.3 is 10.1 Å². The van der Waals surface area contributed by atoms with E-state index in [9.17, 15) is 9.18 Å². The fourth-order valence-corrected chi connectivity index (χ4v) is 2.30. The summed E-state index contributed by atoms with van der Waals surface area (Å²) in [5.74, 6) is -1.85. The van der Waals surface area contributed by atoms with Gasteiger partial charge in [-0.15, -0.1) is 0 Å². The molecule has 1 aromatic carbocycles. The van der Waals surface area contributed by atoms with E-state index in [1.54, 1.807) is 30.6 Å². The molecule has 1 atom stereocenters. The largest absolute Gasteiger partial charge is 0.481 e. The van der Waals surface area contributed by atoms with Gasteiger partial charge in [0.25, 0.3) is 0 Å². The second-order valence-electron chi connectivity index (χ2n) is 3.96. The standard InChI is InChI=1S/C13H11BrFNO2/c14-9-1-2-12(15)11(5-9)10(6-13(17)18)8-3-4-16-7-8/h1-5,7,10,16H,6H2,(H,17,18). The van der Waals surface area contributed by atoms with Crippen molar-refractivity contribution in [2.24, 2.45) is 0 Å². The number of carbonyl (C=O) groups is 1. The molecule has 0 aliphatic carbocycles. The Balaban J connectivity index is 2.46. The highest BCUT2D eigenvalue weighted by atomic mass is 79.9. The summed E-state index contributed by atoms with van der Waals surface area (Å²) >= 11 is 3.27. The summed E-state index contributed by atoms with van der Waals surface area (Å²) in [7, 11) is 0. The summed E-state index contributed by atoms with van der Waals surface area (Å²) < 4.78 is 14.6. The molecule has 2 aromatic rings. The summed E-state index contributed by atoms with van der Waals surface area (Å²) in [5.41, 5.74) is 1.14. The second-order valence-corrected chi connectivity index (χ2v) is 4.88. The van der Waals surface area contributed by atoms with Crippen LogP contribution in [0.25, 0.3) is 0 Å². The van der Waals surface area contributed by atoms with Crippen LogP contribution in [0.15, 0.2) is 41.1 Å². The third-order valence-corrected chi connectivity index (χ3v) is 3.23. The lowest BCUT2D eigenvalue weighted by Gasteiger charge is -2.15. The van der Waals surface area contributed by atoms with Crippen LogP contribution < -0.4 is 0 Å². The molecule has 0 bridgehead atoms. The fourth-order valence-electron chi connectivity index (χ4n) is 1.92. The zero-order valence-electron chi connectivity index (χ0n) is 9.36. The molecule has 2 rings (SSSR count). The molecule has 0 saturated heterocycles. The van der Waals surface area contributed by atoms with Crippen molar-refractivity contribution in [2.45, 2.75) is 12.3 Å². The number of rotatable bonds is 4. The van der Waals surface area contributed by atoms with Crippen LogP contribution in [-0.2, 0) is 4.79 Å². The topological polar surface area (TPSA) is 53.1 Å². The van der Waals surface area contributed by atoms with Crippen molar-refractivity contribution in [3.05, 3.63) is 58.1 Å². The van der Waals surface area contributed by atoms with Gasteiger partial charge in [0.2, 0.25) is 0 Å². The quantitative estimate of drug-likeness (QED) is 0.907. The maximum Gasteiger partial charge on any atom is 0.304 e. The summed E-state index contributed by atoms with van der Waals surface area (Å²) in [6, 6.07) is 6.30. The Labute approximate surface area is 112 Å². The maximum absolute atomic E-state index is 13.8. The molecule has 94 valence electrons. The van der Waals surface area contributed by atoms with Crippen LogP contribution in [0.1, 0.15) is 23.5 Å². The van der Waals surface area contributed by atoms with Gasteiger partial charge in [0.05, 0.1) is 6.42 Å². The van der Waals surface area contributed by atoms with Crippen molar-refractivity contribution in [1.82, 2.24) is 4.98 Å². The van der Waals surface area contributed by atoms with Gasteiger partial charge in [0.1, 0.15) is 5.82 Å². The van der Waals surface area contributed by atoms with Gasteiger partial charge in [-0.25, -0.2) is 4.39 Å². The van der Waals surface area contributed by atoms with Crippen molar-refractivity contribution >= 4 is 21.9 Å². The van der Waals surface area contributed by atoms with Crippen molar-refractivity contribution in [3.63, 3.8) is 0 Å². The number of halogens is 2. The Hall–Kier alpha value is -1.62. The van der Waals surface area contributed by atoms with E-state index < -0.39 is 17.7 Å². The van der Waals surface area contributed by atoms with Crippen molar-refractivity contribution in [2.75, 3.05) is 0 Å². The minimum Gasteiger partial charge on any atom is -0.481 e. The van der Waals surface area contributed by atoms with E-state index in [-0.39, 0.29) is 6.42 Å². The smallest absolute Gasteiger partial charge is 0.304 e. The summed E-state index contributed by atoms with van der Waals surface area (Å²) in [4.78, 5) is 13.8. The predicted octanol–water partition coefficient (Wildman–Crippen LogP) is 3.52. The number of aliphatic carboxylic acids is 1. The van der Waals surface area contributed by atoms with E-state index in [2.05, 4.69) is 20.9 Å². The number of H-pyrrole nitrogens is 1. The summed E-state index contributed by atoms with van der Waals surface area (Å²) in [6.07, 6.45) is 3.24. The third-order valence-electron chi connectivity index (χ3n) is 2.74. The minimum absolute atomic E-state index is 0.148. The van der Waals surface area contributed by atoms with Gasteiger partial charge in [-0.3, -0.25) is 4.79 Å². The molecule has 5 heteroatoms. The number of benzene rings is 1. The Morgan fingerprint density at radius 3 is 2.83 bits per heavy atom. The van der Waals surface area contributed by atoms with Crippen LogP contribution >= 0.6 is 15.9 Å². The van der Waals surface area contributed by atoms with Crippen LogP contribution in [0.3, 0.4) is 0 Å². The van der Waals surface area contributed by atoms with Gasteiger partial charge >= 0.3 is 5.97 Å². The van der Waals surface area contributed by atoms with E-state index >= 15 is 0 Å². The molecule has 0 aliphatic rings. The first kappa shape index (κ1) is 12.8. The number of carboxylic acids is 1. The van der Waals surface area contributed by atoms with Gasteiger partial charge in [0, 0.05) is 22.8 Å². The molecule has 0 radical (unpaired) electrons. The van der Waals surface area contributed by atoms with Crippen LogP contribution in [0, 0.1) is 5.82 Å². The van der Waals surface area contributed by atoms with Crippen LogP contribution in [0.5, 0.6) is 0 Å². The van der Waals surface area contributed by atoms with Crippen LogP contribution in [0.4, 0.5) is 4.39 Å². The first-order valence-electron chi connectivity index (χ1n) is 5.37. The van der Waals surface area contributed by atoms with E-state index in [1.165, 1.54) is 6.07 Å². The zero-order chi connectivity index (χ0) is 13.1. The van der Waals surface area contributed by atoms with Gasteiger partial charge in [-0.2, -0.15) is 0 Å². The third kappa shape index (κ3) is 2.79. The maximum atomic E-state index is 13.8. The summed E-state index contributed by atoms with van der Waals surface area (Å²) in [6.45, 7) is 0. The molecule has 2 N–H and O–H groups in total. The Morgan fingerprint density at radius 2 is 2.22 bits per heavy atom. The average Bonchev–Trinajstić information content (AvgIpc) is 2.82. The fraction of sp³-hybridized carbons (Fsp3) is 0.154. The summed E-state index contributed by atoms with van der Waals surface area (Å²) in [5, 5.41) is 8.96. The van der Waals surface area contributed by atoms with Gasteiger partial charge in [-0.1, -0.05) is 15.9 Å². The molecule has 0 fully saturated rings. The molecular formula is C13H11BrFNO2. The highest BCUT2D eigenvalue weighted by molar-refractivity contribution is 9.10. The first-order valence-corrected chi connectivity index (χ1v) is 6.16. The zero-order valence-corrected chi connectivity index (χ0v) is 10.9. The number of nitrogens with one attached hydrogen (secondary N) is 1. The van der Waals surface area contributed by atoms with Crippen molar-refractivity contribution in [3.8, 4) is 0 Å². The Bertz CT molecular complexity index is 554. The normalized spacial score (nSPS) is 12.3. The predicted molar refractivity (Wildman–Crippen MR) is 69.0 cm³/mol. The molecule has 1 heterocycles. The van der Waals surface area contributed by atoms with E-state index in [4.69, 9.17) is 5.11 Å². The van der Waals surface area contributed by atoms with Crippen LogP contribution in [-0.4, -0.2) is 16.1 Å². The van der Waals surface area contributed by atoms with E-state index in [1.807, 2.05) is 0 Å². The number of hydrogen-bond acceptors (Lipinski definition) is 1. The first-order chi connectivity index (χ1) is 8.58. The molecule has 1 unspecified atom stereocenters. The average molecular weight is 312 g/mol. The number of aromatic nitrogens is 1. The van der Waals surface area contributed by atoms with Crippen LogP contribution in [0.2, 0.25) is 0 Å². The molecule has 0 aliphatic heterocycles. The molecule has 0 spiro atoms. The lowest BCUT2D eigenvalue weighted by Crippen LogP contribution is -2.09. The van der Waals surface area contributed by atoms with Crippen molar-refractivity contribution < 1.29 is 14.3 Å². The number of carboxylic acid groups (broad SMARTS) is 1. The van der Waals surface area contributed by atoms with Gasteiger partial charge in [-0.05, 0) is 35.4 Å². The van der Waals surface area contributed by atoms with E-state index in [0.717, 1.165) is 10.0 Å². The lowest BCUT2D eigenvalue weighted by atomic mass is 9.90. The highest BCUT2D eigenvalue weighted by Gasteiger charge is 2.21. The SMILES string of the molecule is O=C(O)CC(c1cc[nH]c1)c1cc(Br)ccc1F. The number of aromatic amines is 1. The monoisotopic (exact) mass is 311 g/mol. The molecule has 1 aromatic heterocycles. The molecule has 0 saturated carbocycles. The molecule has 3 nitrogen and oxygen atoms in total. The number of hydrogen-bond donors (Lipinski definition) is 2. The Kier molecular flexibility index (Phi) is 3.81. The molecule has 0 amide bonds. The second kappa shape index (κ2) is 5.35. The van der Waals surface area contributed by atoms with E-state index in [0.29, 0.717) is 5.56 Å². The molecule has 18 heavy (non-hydrogen) atoms. The molecular weight excluding hydrogens is 301 g/mol. The van der Waals surface area contributed by atoms with Crippen molar-refractivity contribution in [1.29, 1.82) is 0 Å². The van der Waals surface area contributed by atoms with Gasteiger partial charge in [0.15, 0.2) is 0 Å². The lowest BCUT2D eigenvalue weighted by molar-refractivity contribution is -0.137. The Morgan fingerprint density at radius 1 is 1.44 bits per heavy atom. The highest BCUT2D eigenvalue weighted by Crippen LogP contribution is 2.31. The minimum atomic E-state index is -0.958.